The Morgan fingerprint density at radius 1 is 1.13 bits per heavy atom. The van der Waals surface area contributed by atoms with Crippen LogP contribution in [0.25, 0.3) is 5.57 Å². The summed E-state index contributed by atoms with van der Waals surface area (Å²) in [7, 11) is 0. The number of aliphatic hydroxyl groups is 1. The van der Waals surface area contributed by atoms with Gasteiger partial charge in [0.05, 0.1) is 17.6 Å². The van der Waals surface area contributed by atoms with Crippen molar-refractivity contribution in [2.24, 2.45) is 0 Å². The van der Waals surface area contributed by atoms with Gasteiger partial charge in [0.1, 0.15) is 5.76 Å². The summed E-state index contributed by atoms with van der Waals surface area (Å²) in [5, 5.41) is 9.18. The Morgan fingerprint density at radius 3 is 2.58 bits per heavy atom. The molecule has 5 heteroatoms. The van der Waals surface area contributed by atoms with Gasteiger partial charge in [0.25, 0.3) is 0 Å². The highest BCUT2D eigenvalue weighted by Crippen LogP contribution is 2.39. The second kappa shape index (κ2) is 14.4. The third-order valence-corrected chi connectivity index (χ3v) is 7.48. The van der Waals surface area contributed by atoms with Gasteiger partial charge in [-0.2, -0.15) is 0 Å². The summed E-state index contributed by atoms with van der Waals surface area (Å²) in [6.07, 6.45) is 14.2. The maximum absolute atomic E-state index is 9.18. The Balaban J connectivity index is 0.00000195. The van der Waals surface area contributed by atoms with Gasteiger partial charge < -0.3 is 14.7 Å². The van der Waals surface area contributed by atoms with Crippen molar-refractivity contribution in [3.8, 4) is 5.75 Å². The number of benzene rings is 1. The van der Waals surface area contributed by atoms with Crippen LogP contribution < -0.4 is 9.64 Å². The Labute approximate surface area is 229 Å². The molecule has 1 N–H and O–H groups in total. The van der Waals surface area contributed by atoms with Crippen LogP contribution in [0.5, 0.6) is 5.75 Å². The molecule has 2 aliphatic heterocycles. The van der Waals surface area contributed by atoms with Crippen molar-refractivity contribution >= 4 is 11.3 Å². The molecule has 0 amide bonds. The Morgan fingerprint density at radius 2 is 1.89 bits per heavy atom. The maximum atomic E-state index is 9.18. The van der Waals surface area contributed by atoms with E-state index in [1.807, 2.05) is 18.3 Å². The number of ether oxygens (including phenoxy) is 1. The summed E-state index contributed by atoms with van der Waals surface area (Å²) >= 11 is 0. The van der Waals surface area contributed by atoms with E-state index in [9.17, 15) is 5.11 Å². The number of pyridine rings is 1. The zero-order chi connectivity index (χ0) is 27.5. The predicted octanol–water partition coefficient (Wildman–Crippen LogP) is 8.07. The van der Waals surface area contributed by atoms with E-state index in [0.717, 1.165) is 72.6 Å². The van der Waals surface area contributed by atoms with E-state index in [1.54, 1.807) is 12.3 Å². The van der Waals surface area contributed by atoms with Crippen LogP contribution >= 0.6 is 0 Å². The molecule has 2 aliphatic rings. The number of anilines is 1. The fourth-order valence-corrected chi connectivity index (χ4v) is 5.49. The molecule has 4 rings (SSSR count). The molecule has 1 fully saturated rings. The number of aliphatic hydroxyl groups excluding tert-OH is 1. The second-order valence-electron chi connectivity index (χ2n) is 9.66. The van der Waals surface area contributed by atoms with E-state index in [2.05, 4.69) is 85.6 Å². The highest BCUT2D eigenvalue weighted by molar-refractivity contribution is 5.71. The minimum Gasteiger partial charge on any atom is -0.516 e. The minimum absolute atomic E-state index is 0.488. The van der Waals surface area contributed by atoms with Crippen molar-refractivity contribution < 1.29 is 9.84 Å². The first-order chi connectivity index (χ1) is 18.5. The lowest BCUT2D eigenvalue weighted by atomic mass is 10.0. The molecule has 0 bridgehead atoms. The van der Waals surface area contributed by atoms with Gasteiger partial charge in [-0.05, 0) is 86.1 Å². The number of fused-ring (bicyclic) bond motifs is 1. The molecular formula is C33H43N3O2. The SMILES string of the molecule is C=C.C=C(/C=C\O)CN1C(CC)CCC1CCN1C(C)=C(/C=C(\CC)c2cccnc2)Oc2ccccc21. The molecule has 0 saturated carbocycles. The van der Waals surface area contributed by atoms with Crippen molar-refractivity contribution in [1.29, 1.82) is 0 Å². The average Bonchev–Trinajstić information content (AvgIpc) is 3.34. The molecule has 1 aromatic heterocycles. The highest BCUT2D eigenvalue weighted by atomic mass is 16.5. The molecule has 3 heterocycles. The number of hydrogen-bond acceptors (Lipinski definition) is 5. The molecule has 1 aromatic carbocycles. The van der Waals surface area contributed by atoms with Gasteiger partial charge in [-0.25, -0.2) is 0 Å². The third-order valence-electron chi connectivity index (χ3n) is 7.48. The van der Waals surface area contributed by atoms with Crippen LogP contribution in [0, 0.1) is 0 Å². The van der Waals surface area contributed by atoms with Crippen LogP contribution in [0.2, 0.25) is 0 Å². The number of hydrogen-bond donors (Lipinski definition) is 1. The van der Waals surface area contributed by atoms with Crippen LogP contribution in [0.3, 0.4) is 0 Å². The fraction of sp³-hybridized carbons (Fsp3) is 0.364. The summed E-state index contributed by atoms with van der Waals surface area (Å²) in [6.45, 7) is 18.4. The smallest absolute Gasteiger partial charge is 0.151 e. The summed E-state index contributed by atoms with van der Waals surface area (Å²) in [4.78, 5) is 9.31. The predicted molar refractivity (Wildman–Crippen MR) is 160 cm³/mol. The number of para-hydroxylation sites is 2. The molecule has 2 atom stereocenters. The van der Waals surface area contributed by atoms with Gasteiger partial charge in [-0.3, -0.25) is 9.88 Å². The number of aromatic nitrogens is 1. The molecule has 202 valence electrons. The van der Waals surface area contributed by atoms with Crippen LogP contribution in [-0.4, -0.2) is 40.2 Å². The van der Waals surface area contributed by atoms with Crippen LogP contribution in [-0.2, 0) is 0 Å². The fourth-order valence-electron chi connectivity index (χ4n) is 5.49. The molecule has 0 aliphatic carbocycles. The molecule has 0 radical (unpaired) electrons. The number of allylic oxidation sites excluding steroid dienone is 3. The van der Waals surface area contributed by atoms with E-state index < -0.39 is 0 Å². The summed E-state index contributed by atoms with van der Waals surface area (Å²) in [6, 6.07) is 13.5. The minimum atomic E-state index is 0.488. The average molecular weight is 514 g/mol. The van der Waals surface area contributed by atoms with Gasteiger partial charge in [-0.1, -0.05) is 38.6 Å². The summed E-state index contributed by atoms with van der Waals surface area (Å²) in [5.74, 6) is 1.79. The molecule has 0 spiro atoms. The van der Waals surface area contributed by atoms with Crippen LogP contribution in [0.1, 0.15) is 58.4 Å². The van der Waals surface area contributed by atoms with Gasteiger partial charge in [0.2, 0.25) is 0 Å². The van der Waals surface area contributed by atoms with Crippen molar-refractivity contribution in [2.75, 3.05) is 18.0 Å². The van der Waals surface area contributed by atoms with E-state index in [1.165, 1.54) is 18.4 Å². The van der Waals surface area contributed by atoms with Crippen molar-refractivity contribution in [3.05, 3.63) is 110 Å². The highest BCUT2D eigenvalue weighted by Gasteiger charge is 2.33. The monoisotopic (exact) mass is 513 g/mol. The van der Waals surface area contributed by atoms with Crippen molar-refractivity contribution in [1.82, 2.24) is 9.88 Å². The van der Waals surface area contributed by atoms with Crippen LogP contribution in [0.15, 0.2) is 104 Å². The molecule has 1 saturated heterocycles. The molecule has 5 nitrogen and oxygen atoms in total. The lowest BCUT2D eigenvalue weighted by molar-refractivity contribution is 0.200. The Bertz CT molecular complexity index is 1150. The van der Waals surface area contributed by atoms with E-state index in [4.69, 9.17) is 4.74 Å². The number of nitrogens with zero attached hydrogens (tertiary/aromatic N) is 3. The topological polar surface area (TPSA) is 48.8 Å². The number of rotatable bonds is 10. The quantitative estimate of drug-likeness (QED) is 0.198. The number of likely N-dealkylation sites (tertiary alicyclic amines) is 1. The van der Waals surface area contributed by atoms with E-state index in [0.29, 0.717) is 12.1 Å². The second-order valence-corrected chi connectivity index (χ2v) is 9.66. The zero-order valence-electron chi connectivity index (χ0n) is 23.3. The normalized spacial score (nSPS) is 19.7. The summed E-state index contributed by atoms with van der Waals surface area (Å²) in [5.41, 5.74) is 5.53. The maximum Gasteiger partial charge on any atom is 0.151 e. The Hall–Kier alpha value is -3.57. The van der Waals surface area contributed by atoms with E-state index >= 15 is 0 Å². The molecular weight excluding hydrogens is 470 g/mol. The first kappa shape index (κ1) is 29.0. The standard InChI is InChI=1S/C31H39N3O2.C2H4/c1-5-25(26-10-9-17-32-21-26)20-31-24(4)33(29-11-7-8-12-30(29)36-31)18-15-28-14-13-27(6-2)34(28)22-23(3)16-19-35;1-2/h7-12,16-17,19-21,27-28,35H,3,5-6,13-15,18,22H2,1-2,4H3;1-2H2/b19-16-,25-20+;. The van der Waals surface area contributed by atoms with Gasteiger partial charge in [-0.15, -0.1) is 13.2 Å². The first-order valence-corrected chi connectivity index (χ1v) is 13.7. The van der Waals surface area contributed by atoms with Crippen molar-refractivity contribution in [2.45, 2.75) is 65.0 Å². The van der Waals surface area contributed by atoms with Gasteiger partial charge in [0, 0.05) is 37.6 Å². The van der Waals surface area contributed by atoms with Gasteiger partial charge >= 0.3 is 0 Å². The first-order valence-electron chi connectivity index (χ1n) is 13.7. The van der Waals surface area contributed by atoms with E-state index in [-0.39, 0.29) is 0 Å². The summed E-state index contributed by atoms with van der Waals surface area (Å²) < 4.78 is 6.42. The zero-order valence-corrected chi connectivity index (χ0v) is 23.3. The Kier molecular flexibility index (Phi) is 11.0. The van der Waals surface area contributed by atoms with Gasteiger partial charge in [0.15, 0.2) is 5.75 Å². The lowest BCUT2D eigenvalue weighted by Crippen LogP contribution is -2.39. The van der Waals surface area contributed by atoms with Crippen molar-refractivity contribution in [3.63, 3.8) is 0 Å². The molecule has 2 unspecified atom stereocenters. The molecule has 38 heavy (non-hydrogen) atoms. The molecule has 2 aromatic rings. The largest absolute Gasteiger partial charge is 0.516 e. The van der Waals surface area contributed by atoms with Crippen LogP contribution in [0.4, 0.5) is 5.69 Å². The third kappa shape index (κ3) is 6.84. The lowest BCUT2D eigenvalue weighted by Gasteiger charge is -2.35.